The molecular weight excluding hydrogens is 262 g/mol. The second kappa shape index (κ2) is 4.72. The van der Waals surface area contributed by atoms with Crippen molar-refractivity contribution in [3.05, 3.63) is 29.8 Å². The van der Waals surface area contributed by atoms with Crippen molar-refractivity contribution in [1.82, 2.24) is 5.32 Å². The first kappa shape index (κ1) is 12.8. The number of aliphatic carboxylic acids is 1. The second-order valence-corrected chi connectivity index (χ2v) is 6.46. The zero-order valence-corrected chi connectivity index (χ0v) is 11.6. The van der Waals surface area contributed by atoms with Gasteiger partial charge in [-0.3, -0.25) is 10.1 Å². The van der Waals surface area contributed by atoms with Crippen LogP contribution >= 0.6 is 11.8 Å². The number of hydrogen-bond acceptors (Lipinski definition) is 4. The lowest BCUT2D eigenvalue weighted by molar-refractivity contribution is -0.140. The normalized spacial score (nSPS) is 33.5. The van der Waals surface area contributed by atoms with E-state index in [4.69, 9.17) is 4.74 Å². The quantitative estimate of drug-likeness (QED) is 0.824. The monoisotopic (exact) mass is 279 g/mol. The van der Waals surface area contributed by atoms with E-state index in [9.17, 15) is 9.90 Å². The largest absolute Gasteiger partial charge is 0.493 e. The molecule has 19 heavy (non-hydrogen) atoms. The van der Waals surface area contributed by atoms with Crippen molar-refractivity contribution >= 4 is 17.7 Å². The molecular formula is C14H17NO3S. The fourth-order valence-corrected chi connectivity index (χ4v) is 4.41. The maximum Gasteiger partial charge on any atom is 0.320 e. The molecule has 0 radical (unpaired) electrons. The topological polar surface area (TPSA) is 58.6 Å². The number of nitrogens with one attached hydrogen (secondary N) is 1. The predicted molar refractivity (Wildman–Crippen MR) is 74.4 cm³/mol. The summed E-state index contributed by atoms with van der Waals surface area (Å²) >= 11 is 1.80. The predicted octanol–water partition coefficient (Wildman–Crippen LogP) is 2.05. The molecule has 2 heterocycles. The molecule has 5 heteroatoms. The summed E-state index contributed by atoms with van der Waals surface area (Å²) in [5, 5.41) is 12.6. The highest BCUT2D eigenvalue weighted by Gasteiger charge is 2.48. The highest BCUT2D eigenvalue weighted by atomic mass is 32.2. The number of carbonyl (C=O) groups is 1. The Hall–Kier alpha value is -1.20. The van der Waals surface area contributed by atoms with Crippen LogP contribution in [0.5, 0.6) is 5.75 Å². The van der Waals surface area contributed by atoms with Crippen LogP contribution < -0.4 is 10.1 Å². The minimum atomic E-state index is -0.768. The van der Waals surface area contributed by atoms with E-state index in [1.54, 1.807) is 11.8 Å². The van der Waals surface area contributed by atoms with Crippen molar-refractivity contribution in [3.8, 4) is 5.75 Å². The first-order valence-corrected chi connectivity index (χ1v) is 7.49. The van der Waals surface area contributed by atoms with Gasteiger partial charge in [0.05, 0.1) is 6.61 Å². The lowest BCUT2D eigenvalue weighted by Gasteiger charge is -2.47. The van der Waals surface area contributed by atoms with Crippen LogP contribution in [0.2, 0.25) is 0 Å². The number of carboxylic acid groups (broad SMARTS) is 1. The third kappa shape index (κ3) is 2.01. The van der Waals surface area contributed by atoms with Gasteiger partial charge < -0.3 is 9.84 Å². The van der Waals surface area contributed by atoms with Gasteiger partial charge in [0.1, 0.15) is 16.7 Å². The summed E-state index contributed by atoms with van der Waals surface area (Å²) in [5.74, 6) is 1.18. The summed E-state index contributed by atoms with van der Waals surface area (Å²) in [6.45, 7) is 2.73. The Morgan fingerprint density at radius 3 is 3.11 bits per heavy atom. The summed E-state index contributed by atoms with van der Waals surface area (Å²) in [4.78, 5) is 11.0. The van der Waals surface area contributed by atoms with E-state index in [2.05, 4.69) is 12.2 Å². The molecule has 0 saturated carbocycles. The third-order valence-corrected chi connectivity index (χ3v) is 5.53. The fraction of sp³-hybridized carbons (Fsp3) is 0.500. The standard InChI is InChI=1S/C14H17NO3S/c1-9-8-18-12-5-3-2-4-10(12)14(9)15-11(13(16)17)6-7-19-14/h2-5,9,11,15H,6-8H2,1H3,(H,16,17). The van der Waals surface area contributed by atoms with E-state index in [1.165, 1.54) is 0 Å². The summed E-state index contributed by atoms with van der Waals surface area (Å²) in [7, 11) is 0. The molecule has 0 amide bonds. The van der Waals surface area contributed by atoms with Gasteiger partial charge in [-0.15, -0.1) is 11.8 Å². The van der Waals surface area contributed by atoms with Crippen LogP contribution in [0.15, 0.2) is 24.3 Å². The van der Waals surface area contributed by atoms with Gasteiger partial charge in [0.15, 0.2) is 0 Å². The molecule has 102 valence electrons. The smallest absolute Gasteiger partial charge is 0.320 e. The Bertz CT molecular complexity index is 507. The van der Waals surface area contributed by atoms with E-state index in [-0.39, 0.29) is 10.8 Å². The second-order valence-electron chi connectivity index (χ2n) is 5.12. The van der Waals surface area contributed by atoms with E-state index in [1.807, 2.05) is 24.3 Å². The van der Waals surface area contributed by atoms with Gasteiger partial charge in [0, 0.05) is 11.5 Å². The van der Waals surface area contributed by atoms with Crippen molar-refractivity contribution in [2.24, 2.45) is 5.92 Å². The van der Waals surface area contributed by atoms with Crippen LogP contribution in [0.25, 0.3) is 0 Å². The van der Waals surface area contributed by atoms with Gasteiger partial charge >= 0.3 is 5.97 Å². The minimum absolute atomic E-state index is 0.231. The maximum atomic E-state index is 11.3. The summed E-state index contributed by atoms with van der Waals surface area (Å²) in [6.07, 6.45) is 0.664. The molecule has 0 aromatic heterocycles. The molecule has 2 N–H and O–H groups in total. The molecule has 4 nitrogen and oxygen atoms in total. The minimum Gasteiger partial charge on any atom is -0.493 e. The average molecular weight is 279 g/mol. The molecule has 1 fully saturated rings. The molecule has 0 bridgehead atoms. The van der Waals surface area contributed by atoms with Crippen molar-refractivity contribution in [3.63, 3.8) is 0 Å². The van der Waals surface area contributed by atoms with Crippen molar-refractivity contribution in [2.75, 3.05) is 12.4 Å². The molecule has 3 unspecified atom stereocenters. The van der Waals surface area contributed by atoms with Crippen LogP contribution in [0.4, 0.5) is 0 Å². The van der Waals surface area contributed by atoms with Crippen LogP contribution in [0.1, 0.15) is 18.9 Å². The highest BCUT2D eigenvalue weighted by Crippen LogP contribution is 2.50. The maximum absolute atomic E-state index is 11.3. The van der Waals surface area contributed by atoms with Gasteiger partial charge in [-0.05, 0) is 18.2 Å². The molecule has 0 aliphatic carbocycles. The van der Waals surface area contributed by atoms with Crippen LogP contribution in [-0.2, 0) is 9.67 Å². The Morgan fingerprint density at radius 1 is 1.53 bits per heavy atom. The lowest BCUT2D eigenvalue weighted by Crippen LogP contribution is -2.58. The Morgan fingerprint density at radius 2 is 2.32 bits per heavy atom. The molecule has 1 aromatic carbocycles. The van der Waals surface area contributed by atoms with E-state index in [0.717, 1.165) is 17.1 Å². The van der Waals surface area contributed by atoms with Crippen molar-refractivity contribution in [2.45, 2.75) is 24.3 Å². The van der Waals surface area contributed by atoms with Crippen LogP contribution in [0.3, 0.4) is 0 Å². The number of hydrogen-bond donors (Lipinski definition) is 2. The number of thioether (sulfide) groups is 1. The summed E-state index contributed by atoms with van der Waals surface area (Å²) < 4.78 is 5.76. The fourth-order valence-electron chi connectivity index (χ4n) is 2.83. The van der Waals surface area contributed by atoms with Crippen LogP contribution in [0, 0.1) is 5.92 Å². The van der Waals surface area contributed by atoms with Gasteiger partial charge in [-0.1, -0.05) is 25.1 Å². The lowest BCUT2D eigenvalue weighted by atomic mass is 9.89. The molecule has 1 saturated heterocycles. The molecule has 3 rings (SSSR count). The highest BCUT2D eigenvalue weighted by molar-refractivity contribution is 8.00. The van der Waals surface area contributed by atoms with Crippen molar-refractivity contribution in [1.29, 1.82) is 0 Å². The molecule has 3 atom stereocenters. The van der Waals surface area contributed by atoms with E-state index in [0.29, 0.717) is 13.0 Å². The van der Waals surface area contributed by atoms with Crippen LogP contribution in [-0.4, -0.2) is 29.5 Å². The third-order valence-electron chi connectivity index (χ3n) is 3.89. The zero-order chi connectivity index (χ0) is 13.5. The SMILES string of the molecule is CC1COc2ccccc2C12NC(C(=O)O)CCS2. The number of fused-ring (bicyclic) bond motifs is 2. The van der Waals surface area contributed by atoms with Gasteiger partial charge in [-0.25, -0.2) is 0 Å². The number of rotatable bonds is 1. The zero-order valence-electron chi connectivity index (χ0n) is 10.8. The average Bonchev–Trinajstić information content (AvgIpc) is 2.44. The molecule has 2 aliphatic heterocycles. The van der Waals surface area contributed by atoms with E-state index >= 15 is 0 Å². The Kier molecular flexibility index (Phi) is 3.19. The van der Waals surface area contributed by atoms with Crippen molar-refractivity contribution < 1.29 is 14.6 Å². The van der Waals surface area contributed by atoms with Gasteiger partial charge in [0.25, 0.3) is 0 Å². The first-order chi connectivity index (χ1) is 9.13. The molecule has 2 aliphatic rings. The number of benzene rings is 1. The number of carboxylic acids is 1. The Balaban J connectivity index is 2.04. The number of ether oxygens (including phenoxy) is 1. The van der Waals surface area contributed by atoms with E-state index < -0.39 is 12.0 Å². The first-order valence-electron chi connectivity index (χ1n) is 6.50. The molecule has 1 spiro atoms. The summed E-state index contributed by atoms with van der Waals surface area (Å²) in [6, 6.07) is 7.44. The van der Waals surface area contributed by atoms with Gasteiger partial charge in [0.2, 0.25) is 0 Å². The molecule has 1 aromatic rings. The summed E-state index contributed by atoms with van der Waals surface area (Å²) in [5.41, 5.74) is 1.07. The Labute approximate surface area is 116 Å². The number of para-hydroxylation sites is 1. The van der Waals surface area contributed by atoms with Gasteiger partial charge in [-0.2, -0.15) is 0 Å².